The monoisotopic (exact) mass is 475 g/mol. The Kier molecular flexibility index (Phi) is 5.63. The molecule has 0 saturated carbocycles. The molecule has 0 fully saturated rings. The van der Waals surface area contributed by atoms with Crippen LogP contribution in [0.15, 0.2) is 12.1 Å². The second-order valence-electron chi connectivity index (χ2n) is 3.70. The predicted molar refractivity (Wildman–Crippen MR) is 82.5 cm³/mol. The summed E-state index contributed by atoms with van der Waals surface area (Å²) in [6.07, 6.45) is 0.182. The molecule has 0 aliphatic rings. The number of rotatable bonds is 4. The first kappa shape index (κ1) is 15.5. The summed E-state index contributed by atoms with van der Waals surface area (Å²) < 4.78 is 1.31. The molecule has 0 aliphatic carbocycles. The molecular weight excluding hydrogens is 464 g/mol. The summed E-state index contributed by atoms with van der Waals surface area (Å²) in [5, 5.41) is 21.0. The number of amides is 1. The fourth-order valence-electron chi connectivity index (χ4n) is 1.42. The topological polar surface area (TPSA) is 86.6 Å². The molecule has 3 N–H and O–H groups in total. The molecule has 7 heteroatoms. The molecule has 0 saturated heterocycles. The fraction of sp³-hybridized carbons (Fsp3) is 0.273. The van der Waals surface area contributed by atoms with Gasteiger partial charge in [0.1, 0.15) is 11.8 Å². The third-order valence-electron chi connectivity index (χ3n) is 2.19. The molecule has 0 spiro atoms. The summed E-state index contributed by atoms with van der Waals surface area (Å²) in [6, 6.07) is 2.45. The molecule has 18 heavy (non-hydrogen) atoms. The average Bonchev–Trinajstić information content (AvgIpc) is 2.24. The molecule has 0 radical (unpaired) electrons. The highest BCUT2D eigenvalue weighted by Crippen LogP contribution is 2.27. The number of carboxylic acids is 1. The third kappa shape index (κ3) is 4.26. The largest absolute Gasteiger partial charge is 0.506 e. The number of carbonyl (C=O) groups is 2. The van der Waals surface area contributed by atoms with Crippen molar-refractivity contribution in [3.8, 4) is 5.75 Å². The van der Waals surface area contributed by atoms with Crippen LogP contribution in [0.25, 0.3) is 0 Å². The number of carbonyl (C=O) groups excluding carboxylic acids is 1. The Balaban J connectivity index is 2.94. The zero-order valence-electron chi connectivity index (χ0n) is 9.41. The summed E-state index contributed by atoms with van der Waals surface area (Å²) in [7, 11) is 0. The van der Waals surface area contributed by atoms with E-state index in [-0.39, 0.29) is 18.1 Å². The Morgan fingerprint density at radius 2 is 1.83 bits per heavy atom. The molecular formula is C11H11I2NO4. The lowest BCUT2D eigenvalue weighted by Crippen LogP contribution is -2.41. The van der Waals surface area contributed by atoms with Crippen LogP contribution in [0.4, 0.5) is 0 Å². The van der Waals surface area contributed by atoms with Gasteiger partial charge in [0.25, 0.3) is 0 Å². The van der Waals surface area contributed by atoms with Crippen LogP contribution in [-0.2, 0) is 16.0 Å². The molecule has 1 unspecified atom stereocenters. The molecule has 0 heterocycles. The van der Waals surface area contributed by atoms with E-state index in [2.05, 4.69) is 5.32 Å². The highest BCUT2D eigenvalue weighted by atomic mass is 127. The zero-order valence-corrected chi connectivity index (χ0v) is 13.7. The summed E-state index contributed by atoms with van der Waals surface area (Å²) in [6.45, 7) is 1.28. The maximum atomic E-state index is 11.0. The summed E-state index contributed by atoms with van der Waals surface area (Å²) in [4.78, 5) is 21.9. The van der Waals surface area contributed by atoms with Gasteiger partial charge >= 0.3 is 5.97 Å². The van der Waals surface area contributed by atoms with Crippen molar-refractivity contribution in [2.24, 2.45) is 0 Å². The standard InChI is InChI=1S/C11H11I2NO4/c1-5(15)14-9(11(17)18)4-6-2-7(12)10(16)8(13)3-6/h2-3,9,16H,4H2,1H3,(H,14,15)(H,17,18). The number of benzene rings is 1. The molecule has 1 aromatic rings. The zero-order chi connectivity index (χ0) is 13.9. The number of phenolic OH excluding ortho intramolecular Hbond substituents is 1. The van der Waals surface area contributed by atoms with Crippen LogP contribution >= 0.6 is 45.2 Å². The third-order valence-corrected chi connectivity index (χ3v) is 3.84. The fourth-order valence-corrected chi connectivity index (χ4v) is 3.31. The highest BCUT2D eigenvalue weighted by molar-refractivity contribution is 14.1. The molecule has 98 valence electrons. The molecule has 1 amide bonds. The van der Waals surface area contributed by atoms with Crippen molar-refractivity contribution in [1.82, 2.24) is 5.32 Å². The van der Waals surface area contributed by atoms with Crippen LogP contribution in [0.5, 0.6) is 5.75 Å². The van der Waals surface area contributed by atoms with E-state index in [0.29, 0.717) is 7.14 Å². The van der Waals surface area contributed by atoms with Crippen molar-refractivity contribution in [3.05, 3.63) is 24.8 Å². The number of hydrogen-bond acceptors (Lipinski definition) is 3. The summed E-state index contributed by atoms with van der Waals surface area (Å²) in [5.74, 6) is -1.28. The minimum absolute atomic E-state index is 0.182. The SMILES string of the molecule is CC(=O)NC(Cc1cc(I)c(O)c(I)c1)C(=O)O. The van der Waals surface area contributed by atoms with Crippen molar-refractivity contribution in [1.29, 1.82) is 0 Å². The first-order valence-electron chi connectivity index (χ1n) is 4.98. The lowest BCUT2D eigenvalue weighted by Gasteiger charge is -2.14. The Bertz CT molecular complexity index is 467. The van der Waals surface area contributed by atoms with Crippen molar-refractivity contribution in [3.63, 3.8) is 0 Å². The van der Waals surface area contributed by atoms with Gasteiger partial charge in [0, 0.05) is 13.3 Å². The lowest BCUT2D eigenvalue weighted by atomic mass is 10.1. The maximum Gasteiger partial charge on any atom is 0.326 e. The normalized spacial score (nSPS) is 11.9. The number of hydrogen-bond donors (Lipinski definition) is 3. The first-order chi connectivity index (χ1) is 8.31. The van der Waals surface area contributed by atoms with Gasteiger partial charge in [0.05, 0.1) is 7.14 Å². The Morgan fingerprint density at radius 3 is 2.22 bits per heavy atom. The van der Waals surface area contributed by atoms with Gasteiger partial charge in [0.2, 0.25) is 5.91 Å². The molecule has 0 bridgehead atoms. The van der Waals surface area contributed by atoms with Gasteiger partial charge in [-0.3, -0.25) is 4.79 Å². The minimum atomic E-state index is -1.08. The number of phenols is 1. The van der Waals surface area contributed by atoms with E-state index in [1.807, 2.05) is 45.2 Å². The molecule has 1 aromatic carbocycles. The van der Waals surface area contributed by atoms with E-state index in [0.717, 1.165) is 5.56 Å². The number of halogens is 2. The predicted octanol–water partition coefficient (Wildman–Crippen LogP) is 1.73. The van der Waals surface area contributed by atoms with Crippen LogP contribution in [0.3, 0.4) is 0 Å². The van der Waals surface area contributed by atoms with Gasteiger partial charge in [-0.2, -0.15) is 0 Å². The molecule has 5 nitrogen and oxygen atoms in total. The van der Waals surface area contributed by atoms with E-state index >= 15 is 0 Å². The van der Waals surface area contributed by atoms with E-state index in [1.165, 1.54) is 6.92 Å². The number of aromatic hydroxyl groups is 1. The Hall–Kier alpha value is -0.580. The number of aliphatic carboxylic acids is 1. The Labute approximate surface area is 131 Å². The van der Waals surface area contributed by atoms with Crippen molar-refractivity contribution < 1.29 is 19.8 Å². The second kappa shape index (κ2) is 6.55. The molecule has 1 atom stereocenters. The minimum Gasteiger partial charge on any atom is -0.506 e. The highest BCUT2D eigenvalue weighted by Gasteiger charge is 2.19. The lowest BCUT2D eigenvalue weighted by molar-refractivity contribution is -0.141. The van der Waals surface area contributed by atoms with Gasteiger partial charge < -0.3 is 15.5 Å². The van der Waals surface area contributed by atoms with Gasteiger partial charge in [-0.15, -0.1) is 0 Å². The van der Waals surface area contributed by atoms with Crippen LogP contribution in [0.1, 0.15) is 12.5 Å². The van der Waals surface area contributed by atoms with Gasteiger partial charge in [-0.25, -0.2) is 4.79 Å². The maximum absolute atomic E-state index is 11.0. The smallest absolute Gasteiger partial charge is 0.326 e. The van der Waals surface area contributed by atoms with E-state index < -0.39 is 12.0 Å². The van der Waals surface area contributed by atoms with Crippen LogP contribution in [0, 0.1) is 7.14 Å². The van der Waals surface area contributed by atoms with Crippen molar-refractivity contribution in [2.75, 3.05) is 0 Å². The van der Waals surface area contributed by atoms with E-state index in [4.69, 9.17) is 5.11 Å². The van der Waals surface area contributed by atoms with Crippen molar-refractivity contribution >= 4 is 57.1 Å². The molecule has 0 aliphatic heterocycles. The van der Waals surface area contributed by atoms with Gasteiger partial charge in [0.15, 0.2) is 0 Å². The second-order valence-corrected chi connectivity index (χ2v) is 6.03. The Morgan fingerprint density at radius 1 is 1.33 bits per heavy atom. The summed E-state index contributed by atoms with van der Waals surface area (Å²) in [5.41, 5.74) is 0.753. The number of carboxylic acid groups (broad SMARTS) is 1. The van der Waals surface area contributed by atoms with Crippen molar-refractivity contribution in [2.45, 2.75) is 19.4 Å². The van der Waals surface area contributed by atoms with Crippen LogP contribution < -0.4 is 5.32 Å². The van der Waals surface area contributed by atoms with E-state index in [9.17, 15) is 14.7 Å². The van der Waals surface area contributed by atoms with Gasteiger partial charge in [-0.1, -0.05) is 0 Å². The van der Waals surface area contributed by atoms with Crippen LogP contribution in [0.2, 0.25) is 0 Å². The van der Waals surface area contributed by atoms with Crippen LogP contribution in [-0.4, -0.2) is 28.1 Å². The summed E-state index contributed by atoms with van der Waals surface area (Å²) >= 11 is 3.95. The van der Waals surface area contributed by atoms with Gasteiger partial charge in [-0.05, 0) is 62.9 Å². The quantitative estimate of drug-likeness (QED) is 0.580. The molecule has 1 rings (SSSR count). The molecule has 0 aromatic heterocycles. The average molecular weight is 475 g/mol. The first-order valence-corrected chi connectivity index (χ1v) is 7.13. The number of nitrogens with one attached hydrogen (secondary N) is 1. The van der Waals surface area contributed by atoms with E-state index in [1.54, 1.807) is 12.1 Å².